The van der Waals surface area contributed by atoms with Gasteiger partial charge in [0.1, 0.15) is 5.84 Å². The molecule has 1 aromatic heterocycles. The summed E-state index contributed by atoms with van der Waals surface area (Å²) in [5.41, 5.74) is 7.94. The number of hydrogen-bond acceptors (Lipinski definition) is 5. The molecule has 120 valence electrons. The second-order valence-electron chi connectivity index (χ2n) is 5.42. The van der Waals surface area contributed by atoms with E-state index in [1.165, 1.54) is 0 Å². The molecule has 0 aliphatic carbocycles. The summed E-state index contributed by atoms with van der Waals surface area (Å²) in [5.74, 6) is 0.879. The maximum atomic E-state index is 9.87. The molecule has 1 atom stereocenters. The normalized spacial score (nSPS) is 16.5. The smallest absolute Gasteiger partial charge is 0.190 e. The van der Waals surface area contributed by atoms with Gasteiger partial charge < -0.3 is 15.7 Å². The van der Waals surface area contributed by atoms with Crippen LogP contribution in [0, 0.1) is 6.92 Å². The molecule has 3 N–H and O–H groups in total. The topological polar surface area (TPSA) is 79.7 Å². The van der Waals surface area contributed by atoms with Crippen molar-refractivity contribution in [3.8, 4) is 0 Å². The van der Waals surface area contributed by atoms with Gasteiger partial charge in [-0.3, -0.25) is 0 Å². The highest BCUT2D eigenvalue weighted by Gasteiger charge is 2.28. The number of nitrogens with two attached hydrogens (primary N) is 1. The van der Waals surface area contributed by atoms with Gasteiger partial charge >= 0.3 is 0 Å². The lowest BCUT2D eigenvalue weighted by Crippen LogP contribution is -2.40. The highest BCUT2D eigenvalue weighted by atomic mass is 35.5. The largest absolute Gasteiger partial charge is 0.394 e. The van der Waals surface area contributed by atoms with E-state index < -0.39 is 0 Å². The number of aliphatic hydroxyl groups is 1. The van der Waals surface area contributed by atoms with Crippen molar-refractivity contribution in [1.29, 1.82) is 0 Å². The predicted molar refractivity (Wildman–Crippen MR) is 90.6 cm³/mol. The third kappa shape index (κ3) is 3.09. The Balaban J connectivity index is 2.02. The number of halogens is 1. The fraction of sp³-hybridized carbons (Fsp3) is 0.250. The van der Waals surface area contributed by atoms with E-state index in [-0.39, 0.29) is 12.6 Å². The Morgan fingerprint density at radius 2 is 2.09 bits per heavy atom. The molecule has 1 aromatic carbocycles. The van der Waals surface area contributed by atoms with Gasteiger partial charge in [-0.05, 0) is 18.1 Å². The van der Waals surface area contributed by atoms with E-state index in [4.69, 9.17) is 17.3 Å². The molecule has 23 heavy (non-hydrogen) atoms. The van der Waals surface area contributed by atoms with Crippen molar-refractivity contribution in [2.75, 3.05) is 13.2 Å². The lowest BCUT2D eigenvalue weighted by Gasteiger charge is -2.34. The molecule has 0 fully saturated rings. The van der Waals surface area contributed by atoms with E-state index in [0.717, 1.165) is 11.1 Å². The fourth-order valence-electron chi connectivity index (χ4n) is 2.57. The minimum atomic E-state index is -0.301. The number of aliphatic hydroxyl groups excluding tert-OH is 1. The second-order valence-corrected chi connectivity index (χ2v) is 5.77. The standard InChI is InChI=1S/C16H18ClN5O/c1-11-7-19-22(8-11)16-15(17)21(9-14(18)20-16)13(10-23)12-5-3-2-4-6-12/h2-8,13,23H,9-10H2,1H3,(H2,18,20)/t13-/m1/s1. The van der Waals surface area contributed by atoms with Crippen LogP contribution in [0.1, 0.15) is 17.2 Å². The van der Waals surface area contributed by atoms with Gasteiger partial charge in [0.05, 0.1) is 25.4 Å². The lowest BCUT2D eigenvalue weighted by atomic mass is 10.1. The minimum Gasteiger partial charge on any atom is -0.394 e. The maximum Gasteiger partial charge on any atom is 0.190 e. The number of nitrogens with zero attached hydrogens (tertiary/aromatic N) is 4. The summed E-state index contributed by atoms with van der Waals surface area (Å²) in [7, 11) is 0. The van der Waals surface area contributed by atoms with Crippen LogP contribution < -0.4 is 5.73 Å². The molecule has 2 heterocycles. The number of aryl methyl sites for hydroxylation is 1. The molecule has 1 aliphatic heterocycles. The summed E-state index contributed by atoms with van der Waals surface area (Å²) in [6, 6.07) is 9.38. The molecular weight excluding hydrogens is 314 g/mol. The van der Waals surface area contributed by atoms with E-state index in [1.807, 2.05) is 48.4 Å². The minimum absolute atomic E-state index is 0.0844. The monoisotopic (exact) mass is 331 g/mol. The summed E-state index contributed by atoms with van der Waals surface area (Å²) in [5, 5.41) is 14.5. The molecule has 0 unspecified atom stereocenters. The van der Waals surface area contributed by atoms with Gasteiger partial charge in [0, 0.05) is 6.20 Å². The molecule has 0 amide bonds. The molecule has 3 rings (SSSR count). The second kappa shape index (κ2) is 6.44. The van der Waals surface area contributed by atoms with Crippen LogP contribution in [0.5, 0.6) is 0 Å². The molecule has 6 nitrogen and oxygen atoms in total. The van der Waals surface area contributed by atoms with Gasteiger partial charge in [0.2, 0.25) is 0 Å². The van der Waals surface area contributed by atoms with Gasteiger partial charge in [0.15, 0.2) is 11.0 Å². The Morgan fingerprint density at radius 3 is 2.70 bits per heavy atom. The first kappa shape index (κ1) is 15.6. The van der Waals surface area contributed by atoms with Crippen molar-refractivity contribution in [3.63, 3.8) is 0 Å². The van der Waals surface area contributed by atoms with Gasteiger partial charge in [-0.15, -0.1) is 0 Å². The SMILES string of the molecule is Cc1cnn(C2=C(Cl)N([C@H](CO)c3ccccc3)CC(N)=N2)c1. The van der Waals surface area contributed by atoms with Crippen molar-refractivity contribution in [2.45, 2.75) is 13.0 Å². The third-order valence-corrected chi connectivity index (χ3v) is 4.07. The zero-order valence-corrected chi connectivity index (χ0v) is 13.5. The highest BCUT2D eigenvalue weighted by Crippen LogP contribution is 2.32. The first-order valence-electron chi connectivity index (χ1n) is 7.27. The molecule has 2 aromatic rings. The van der Waals surface area contributed by atoms with E-state index in [1.54, 1.807) is 10.9 Å². The van der Waals surface area contributed by atoms with E-state index >= 15 is 0 Å². The predicted octanol–water partition coefficient (Wildman–Crippen LogP) is 1.92. The van der Waals surface area contributed by atoms with E-state index in [9.17, 15) is 5.11 Å². The first-order valence-corrected chi connectivity index (χ1v) is 7.65. The zero-order chi connectivity index (χ0) is 16.4. The van der Waals surface area contributed by atoms with E-state index in [0.29, 0.717) is 23.4 Å². The number of benzene rings is 1. The molecular formula is C16H18ClN5O. The average Bonchev–Trinajstić information content (AvgIpc) is 2.98. The van der Waals surface area contributed by atoms with Crippen LogP contribution >= 0.6 is 11.6 Å². The Morgan fingerprint density at radius 1 is 1.35 bits per heavy atom. The number of hydrogen-bond donors (Lipinski definition) is 2. The van der Waals surface area contributed by atoms with Crippen molar-refractivity contribution < 1.29 is 5.11 Å². The summed E-state index contributed by atoms with van der Waals surface area (Å²) < 4.78 is 1.59. The molecule has 0 bridgehead atoms. The van der Waals surface area contributed by atoms with Crippen molar-refractivity contribution in [1.82, 2.24) is 14.7 Å². The number of aliphatic imine (C=N–C) groups is 1. The Labute approximate surface area is 139 Å². The molecule has 7 heteroatoms. The summed E-state index contributed by atoms with van der Waals surface area (Å²) in [6.07, 6.45) is 3.55. The Bertz CT molecular complexity index is 753. The van der Waals surface area contributed by atoms with Crippen molar-refractivity contribution in [3.05, 3.63) is 59.0 Å². The zero-order valence-electron chi connectivity index (χ0n) is 12.7. The van der Waals surface area contributed by atoms with Gasteiger partial charge in [0.25, 0.3) is 0 Å². The van der Waals surface area contributed by atoms with Crippen LogP contribution in [0.3, 0.4) is 0 Å². The van der Waals surface area contributed by atoms with E-state index in [2.05, 4.69) is 10.1 Å². The summed E-state index contributed by atoms with van der Waals surface area (Å²) in [4.78, 5) is 6.17. The van der Waals surface area contributed by atoms with Crippen LogP contribution in [-0.4, -0.2) is 38.8 Å². The molecule has 0 radical (unpaired) electrons. The number of rotatable bonds is 4. The first-order chi connectivity index (χ1) is 11.1. The molecule has 1 aliphatic rings. The van der Waals surface area contributed by atoms with Crippen LogP contribution in [0.2, 0.25) is 0 Å². The van der Waals surface area contributed by atoms with Crippen LogP contribution in [-0.2, 0) is 0 Å². The Hall–Kier alpha value is -2.31. The highest BCUT2D eigenvalue weighted by molar-refractivity contribution is 6.32. The van der Waals surface area contributed by atoms with Crippen LogP contribution in [0.25, 0.3) is 5.82 Å². The summed E-state index contributed by atoms with van der Waals surface area (Å²) in [6.45, 7) is 2.20. The van der Waals surface area contributed by atoms with Gasteiger partial charge in [-0.2, -0.15) is 5.10 Å². The molecule has 0 saturated heterocycles. The van der Waals surface area contributed by atoms with Crippen molar-refractivity contribution >= 4 is 23.3 Å². The average molecular weight is 332 g/mol. The quantitative estimate of drug-likeness (QED) is 0.839. The number of aromatic nitrogens is 2. The van der Waals surface area contributed by atoms with Crippen molar-refractivity contribution in [2.24, 2.45) is 10.7 Å². The van der Waals surface area contributed by atoms with Gasteiger partial charge in [-0.1, -0.05) is 41.9 Å². The van der Waals surface area contributed by atoms with Crippen LogP contribution in [0.4, 0.5) is 0 Å². The molecule has 0 saturated carbocycles. The van der Waals surface area contributed by atoms with Crippen LogP contribution in [0.15, 0.2) is 52.9 Å². The summed E-state index contributed by atoms with van der Waals surface area (Å²) >= 11 is 6.55. The van der Waals surface area contributed by atoms with Gasteiger partial charge in [-0.25, -0.2) is 9.67 Å². The molecule has 0 spiro atoms. The third-order valence-electron chi connectivity index (χ3n) is 3.68. The maximum absolute atomic E-state index is 9.87. The number of amidine groups is 1. The Kier molecular flexibility index (Phi) is 4.36. The fourth-order valence-corrected chi connectivity index (χ4v) is 2.88. The lowest BCUT2D eigenvalue weighted by molar-refractivity contribution is 0.172.